The molecule has 4 heteroatoms. The average Bonchev–Trinajstić information content (AvgIpc) is 2.69. The van der Waals surface area contributed by atoms with Crippen LogP contribution in [0.4, 0.5) is 0 Å². The highest BCUT2D eigenvalue weighted by Crippen LogP contribution is 2.01. The van der Waals surface area contributed by atoms with Crippen molar-refractivity contribution in [3.05, 3.63) is 12.2 Å². The highest BCUT2D eigenvalue weighted by atomic mass is 16.5. The summed E-state index contributed by atoms with van der Waals surface area (Å²) in [4.78, 5) is 2.46. The van der Waals surface area contributed by atoms with Crippen molar-refractivity contribution >= 4 is 0 Å². The van der Waals surface area contributed by atoms with Crippen molar-refractivity contribution in [1.29, 1.82) is 0 Å². The highest BCUT2D eigenvalue weighted by molar-refractivity contribution is 4.86. The van der Waals surface area contributed by atoms with Crippen molar-refractivity contribution in [2.24, 2.45) is 0 Å². The number of hydrogen-bond acceptors (Lipinski definition) is 4. The SMILES string of the molecule is CCCOCCOCCOCCN1CCC=CCC1. The molecule has 1 aliphatic rings. The summed E-state index contributed by atoms with van der Waals surface area (Å²) in [5.74, 6) is 0. The van der Waals surface area contributed by atoms with Gasteiger partial charge in [0.15, 0.2) is 0 Å². The Kier molecular flexibility index (Phi) is 11.0. The molecule has 0 aromatic carbocycles. The molecular weight excluding hydrogens is 242 g/mol. The van der Waals surface area contributed by atoms with Gasteiger partial charge in [-0.1, -0.05) is 19.1 Å². The van der Waals surface area contributed by atoms with E-state index in [2.05, 4.69) is 24.0 Å². The number of ether oxygens (including phenoxy) is 3. The Labute approximate surface area is 117 Å². The Morgan fingerprint density at radius 3 is 1.89 bits per heavy atom. The van der Waals surface area contributed by atoms with Gasteiger partial charge in [0.2, 0.25) is 0 Å². The molecule has 112 valence electrons. The van der Waals surface area contributed by atoms with Crippen LogP contribution in [0.1, 0.15) is 26.2 Å². The normalized spacial score (nSPS) is 16.7. The summed E-state index contributed by atoms with van der Waals surface area (Å²) in [6.07, 6.45) is 7.95. The molecule has 0 aromatic rings. The van der Waals surface area contributed by atoms with Crippen LogP contribution in [0, 0.1) is 0 Å². The fourth-order valence-electron chi connectivity index (χ4n) is 1.97. The van der Waals surface area contributed by atoms with Gasteiger partial charge in [-0.2, -0.15) is 0 Å². The maximum atomic E-state index is 5.58. The van der Waals surface area contributed by atoms with Crippen molar-refractivity contribution in [3.63, 3.8) is 0 Å². The molecule has 0 fully saturated rings. The van der Waals surface area contributed by atoms with Gasteiger partial charge in [0.25, 0.3) is 0 Å². The zero-order chi connectivity index (χ0) is 13.6. The van der Waals surface area contributed by atoms with Crippen LogP contribution in [0.25, 0.3) is 0 Å². The Hall–Kier alpha value is -0.420. The Balaban J connectivity index is 1.78. The van der Waals surface area contributed by atoms with Gasteiger partial charge < -0.3 is 19.1 Å². The lowest BCUT2D eigenvalue weighted by Gasteiger charge is -2.19. The first-order valence-electron chi connectivity index (χ1n) is 7.54. The van der Waals surface area contributed by atoms with Gasteiger partial charge in [0.05, 0.1) is 33.0 Å². The summed E-state index contributed by atoms with van der Waals surface area (Å²) in [5.41, 5.74) is 0. The van der Waals surface area contributed by atoms with Crippen LogP contribution in [-0.4, -0.2) is 64.2 Å². The maximum Gasteiger partial charge on any atom is 0.0701 e. The highest BCUT2D eigenvalue weighted by Gasteiger charge is 2.04. The predicted octanol–water partition coefficient (Wildman–Crippen LogP) is 2.10. The van der Waals surface area contributed by atoms with Crippen molar-refractivity contribution in [2.75, 3.05) is 59.3 Å². The van der Waals surface area contributed by atoms with E-state index in [1.807, 2.05) is 0 Å². The van der Waals surface area contributed by atoms with E-state index in [0.29, 0.717) is 26.4 Å². The van der Waals surface area contributed by atoms with E-state index in [-0.39, 0.29) is 0 Å². The van der Waals surface area contributed by atoms with Crippen molar-refractivity contribution < 1.29 is 14.2 Å². The van der Waals surface area contributed by atoms with E-state index in [1.54, 1.807) is 0 Å². The molecule has 0 aromatic heterocycles. The molecule has 0 unspecified atom stereocenters. The lowest BCUT2D eigenvalue weighted by Crippen LogP contribution is -2.29. The van der Waals surface area contributed by atoms with E-state index in [0.717, 1.165) is 39.3 Å². The van der Waals surface area contributed by atoms with Crippen LogP contribution < -0.4 is 0 Å². The first-order valence-corrected chi connectivity index (χ1v) is 7.54. The third-order valence-electron chi connectivity index (χ3n) is 3.03. The summed E-state index contributed by atoms with van der Waals surface area (Å²) in [6.45, 7) is 9.78. The zero-order valence-electron chi connectivity index (χ0n) is 12.3. The van der Waals surface area contributed by atoms with Gasteiger partial charge in [0.1, 0.15) is 0 Å². The minimum atomic E-state index is 0.664. The molecule has 4 nitrogen and oxygen atoms in total. The Morgan fingerprint density at radius 1 is 0.789 bits per heavy atom. The van der Waals surface area contributed by atoms with E-state index in [1.165, 1.54) is 12.8 Å². The third-order valence-corrected chi connectivity index (χ3v) is 3.03. The zero-order valence-corrected chi connectivity index (χ0v) is 12.3. The molecule has 1 rings (SSSR count). The fraction of sp³-hybridized carbons (Fsp3) is 0.867. The molecule has 0 aliphatic carbocycles. The first kappa shape index (κ1) is 16.6. The van der Waals surface area contributed by atoms with E-state index < -0.39 is 0 Å². The van der Waals surface area contributed by atoms with Crippen molar-refractivity contribution in [2.45, 2.75) is 26.2 Å². The first-order chi connectivity index (χ1) is 9.43. The molecule has 0 bridgehead atoms. The lowest BCUT2D eigenvalue weighted by atomic mass is 10.4. The summed E-state index contributed by atoms with van der Waals surface area (Å²) in [7, 11) is 0. The van der Waals surface area contributed by atoms with Crippen LogP contribution in [0.5, 0.6) is 0 Å². The predicted molar refractivity (Wildman–Crippen MR) is 77.6 cm³/mol. The van der Waals surface area contributed by atoms with Crippen LogP contribution >= 0.6 is 0 Å². The quantitative estimate of drug-likeness (QED) is 0.425. The monoisotopic (exact) mass is 271 g/mol. The number of rotatable bonds is 11. The molecule has 1 aliphatic heterocycles. The summed E-state index contributed by atoms with van der Waals surface area (Å²) >= 11 is 0. The topological polar surface area (TPSA) is 30.9 Å². The Bertz CT molecular complexity index is 211. The Morgan fingerprint density at radius 2 is 1.32 bits per heavy atom. The smallest absolute Gasteiger partial charge is 0.0701 e. The molecule has 0 saturated carbocycles. The van der Waals surface area contributed by atoms with Crippen molar-refractivity contribution in [1.82, 2.24) is 4.90 Å². The molecule has 19 heavy (non-hydrogen) atoms. The minimum Gasteiger partial charge on any atom is -0.379 e. The third kappa shape index (κ3) is 10.1. The molecule has 0 saturated heterocycles. The van der Waals surface area contributed by atoms with E-state index in [4.69, 9.17) is 14.2 Å². The lowest BCUT2D eigenvalue weighted by molar-refractivity contribution is 0.0109. The summed E-state index contributed by atoms with van der Waals surface area (Å²) in [6, 6.07) is 0. The average molecular weight is 271 g/mol. The molecule has 0 spiro atoms. The summed E-state index contributed by atoms with van der Waals surface area (Å²) in [5, 5.41) is 0. The second-order valence-electron chi connectivity index (χ2n) is 4.73. The molecule has 0 N–H and O–H groups in total. The summed E-state index contributed by atoms with van der Waals surface area (Å²) < 4.78 is 16.3. The molecular formula is C15H29NO3. The van der Waals surface area contributed by atoms with Crippen molar-refractivity contribution in [3.8, 4) is 0 Å². The number of nitrogens with zero attached hydrogens (tertiary/aromatic N) is 1. The molecule has 0 radical (unpaired) electrons. The molecule has 0 atom stereocenters. The van der Waals surface area contributed by atoms with Crippen LogP contribution in [0.15, 0.2) is 12.2 Å². The standard InChI is InChI=1S/C15H29NO3/c1-2-10-17-12-14-19-15-13-18-11-9-16-7-5-3-4-6-8-16/h3-4H,2,5-15H2,1H3. The van der Waals surface area contributed by atoms with Gasteiger partial charge >= 0.3 is 0 Å². The van der Waals surface area contributed by atoms with Crippen LogP contribution in [0.2, 0.25) is 0 Å². The van der Waals surface area contributed by atoms with Gasteiger partial charge in [-0.15, -0.1) is 0 Å². The maximum absolute atomic E-state index is 5.58. The van der Waals surface area contributed by atoms with E-state index >= 15 is 0 Å². The number of hydrogen-bond donors (Lipinski definition) is 0. The van der Waals surface area contributed by atoms with E-state index in [9.17, 15) is 0 Å². The largest absolute Gasteiger partial charge is 0.379 e. The fourth-order valence-corrected chi connectivity index (χ4v) is 1.97. The van der Waals surface area contributed by atoms with Crippen LogP contribution in [0.3, 0.4) is 0 Å². The minimum absolute atomic E-state index is 0.664. The second kappa shape index (κ2) is 12.6. The molecule has 1 heterocycles. The van der Waals surface area contributed by atoms with Gasteiger partial charge in [-0.25, -0.2) is 0 Å². The van der Waals surface area contributed by atoms with Gasteiger partial charge in [-0.05, 0) is 19.3 Å². The van der Waals surface area contributed by atoms with Gasteiger partial charge in [0, 0.05) is 26.2 Å². The second-order valence-corrected chi connectivity index (χ2v) is 4.73. The molecule has 0 amide bonds. The van der Waals surface area contributed by atoms with Gasteiger partial charge in [-0.3, -0.25) is 0 Å². The van der Waals surface area contributed by atoms with Crippen LogP contribution in [-0.2, 0) is 14.2 Å².